The highest BCUT2D eigenvalue weighted by atomic mass is 16.5. The van der Waals surface area contributed by atoms with Crippen LogP contribution in [0.1, 0.15) is 38.2 Å². The van der Waals surface area contributed by atoms with Gasteiger partial charge in [-0.15, -0.1) is 0 Å². The first-order valence-corrected chi connectivity index (χ1v) is 11.7. The predicted molar refractivity (Wildman–Crippen MR) is 131 cm³/mol. The third-order valence-electron chi connectivity index (χ3n) is 6.05. The van der Waals surface area contributed by atoms with Crippen LogP contribution in [0, 0.1) is 5.92 Å². The first-order chi connectivity index (χ1) is 16.0. The molecule has 1 saturated heterocycles. The van der Waals surface area contributed by atoms with Crippen molar-refractivity contribution in [3.8, 4) is 11.5 Å². The minimum atomic E-state index is -0.107. The molecular formula is C26H35N3O4. The summed E-state index contributed by atoms with van der Waals surface area (Å²) < 4.78 is 10.5. The summed E-state index contributed by atoms with van der Waals surface area (Å²) in [5.41, 5.74) is 2.75. The molecule has 0 aromatic heterocycles. The van der Waals surface area contributed by atoms with Crippen LogP contribution in [-0.2, 0) is 16.0 Å². The molecule has 1 aliphatic rings. The fourth-order valence-corrected chi connectivity index (χ4v) is 4.03. The summed E-state index contributed by atoms with van der Waals surface area (Å²) in [6, 6.07) is 13.4. The number of benzene rings is 2. The monoisotopic (exact) mass is 453 g/mol. The summed E-state index contributed by atoms with van der Waals surface area (Å²) in [6.07, 6.45) is 4.89. The standard InChI is InChI=1S/C26H35N3O4/c1-4-5-6-19-7-9-21(10-8-19)27-26(31)20-13-15-29(16-14-20)18-25(30)28-23-12-11-22(32-2)17-24(23)33-3/h7-12,17,20H,4-6,13-16,18H2,1-3H3,(H,27,31)(H,28,30). The molecule has 7 nitrogen and oxygen atoms in total. The molecule has 0 atom stereocenters. The van der Waals surface area contributed by atoms with Gasteiger partial charge >= 0.3 is 0 Å². The molecule has 7 heteroatoms. The van der Waals surface area contributed by atoms with Gasteiger partial charge < -0.3 is 20.1 Å². The molecule has 1 fully saturated rings. The molecule has 0 aliphatic carbocycles. The molecule has 2 aromatic rings. The molecule has 2 aromatic carbocycles. The Morgan fingerprint density at radius 2 is 1.73 bits per heavy atom. The summed E-state index contributed by atoms with van der Waals surface area (Å²) in [5, 5.41) is 5.95. The van der Waals surface area contributed by atoms with Gasteiger partial charge in [-0.05, 0) is 68.6 Å². The third kappa shape index (κ3) is 7.22. The Morgan fingerprint density at radius 1 is 1.00 bits per heavy atom. The highest BCUT2D eigenvalue weighted by molar-refractivity contribution is 5.94. The van der Waals surface area contributed by atoms with Gasteiger partial charge in [-0.2, -0.15) is 0 Å². The van der Waals surface area contributed by atoms with E-state index in [1.807, 2.05) is 12.1 Å². The van der Waals surface area contributed by atoms with Crippen LogP contribution in [0.15, 0.2) is 42.5 Å². The fraction of sp³-hybridized carbons (Fsp3) is 0.462. The molecule has 2 N–H and O–H groups in total. The molecule has 1 aliphatic heterocycles. The Morgan fingerprint density at radius 3 is 2.36 bits per heavy atom. The van der Waals surface area contributed by atoms with Crippen molar-refractivity contribution in [1.29, 1.82) is 0 Å². The molecule has 3 rings (SSSR count). The van der Waals surface area contributed by atoms with E-state index in [9.17, 15) is 9.59 Å². The maximum atomic E-state index is 12.7. The van der Waals surface area contributed by atoms with Gasteiger partial charge in [-0.25, -0.2) is 0 Å². The van der Waals surface area contributed by atoms with Crippen LogP contribution in [0.5, 0.6) is 11.5 Å². The lowest BCUT2D eigenvalue weighted by Gasteiger charge is -2.30. The molecule has 2 amide bonds. The Balaban J connectivity index is 1.44. The van der Waals surface area contributed by atoms with Gasteiger partial charge in [0.15, 0.2) is 0 Å². The second-order valence-electron chi connectivity index (χ2n) is 8.45. The van der Waals surface area contributed by atoms with Gasteiger partial charge in [0, 0.05) is 17.7 Å². The lowest BCUT2D eigenvalue weighted by atomic mass is 9.95. The zero-order chi connectivity index (χ0) is 23.6. The number of methoxy groups -OCH3 is 2. The normalized spacial score (nSPS) is 14.5. The van der Waals surface area contributed by atoms with E-state index in [2.05, 4.69) is 34.6 Å². The van der Waals surface area contributed by atoms with E-state index in [4.69, 9.17) is 9.47 Å². The van der Waals surface area contributed by atoms with Crippen LogP contribution < -0.4 is 20.1 Å². The number of carbonyl (C=O) groups is 2. The highest BCUT2D eigenvalue weighted by Crippen LogP contribution is 2.29. The lowest BCUT2D eigenvalue weighted by Crippen LogP contribution is -2.41. The first-order valence-electron chi connectivity index (χ1n) is 11.7. The minimum Gasteiger partial charge on any atom is -0.497 e. The van der Waals surface area contributed by atoms with Gasteiger partial charge in [-0.3, -0.25) is 14.5 Å². The van der Waals surface area contributed by atoms with E-state index in [0.717, 1.165) is 24.9 Å². The van der Waals surface area contributed by atoms with Gasteiger partial charge in [0.2, 0.25) is 11.8 Å². The van der Waals surface area contributed by atoms with Crippen molar-refractivity contribution in [2.75, 3.05) is 44.5 Å². The number of piperidine rings is 1. The zero-order valence-electron chi connectivity index (χ0n) is 19.9. The van der Waals surface area contributed by atoms with Crippen LogP contribution in [0.4, 0.5) is 11.4 Å². The number of rotatable bonds is 10. The Kier molecular flexibility index (Phi) is 9.13. The number of aryl methyl sites for hydroxylation is 1. The molecule has 0 radical (unpaired) electrons. The smallest absolute Gasteiger partial charge is 0.238 e. The summed E-state index contributed by atoms with van der Waals surface area (Å²) >= 11 is 0. The Labute approximate surface area is 196 Å². The van der Waals surface area contributed by atoms with Crippen molar-refractivity contribution in [3.63, 3.8) is 0 Å². The molecule has 0 spiro atoms. The Bertz CT molecular complexity index is 922. The van der Waals surface area contributed by atoms with Gasteiger partial charge in [-0.1, -0.05) is 25.5 Å². The molecule has 33 heavy (non-hydrogen) atoms. The number of nitrogens with one attached hydrogen (secondary N) is 2. The maximum absolute atomic E-state index is 12.7. The van der Waals surface area contributed by atoms with Crippen LogP contribution in [0.2, 0.25) is 0 Å². The maximum Gasteiger partial charge on any atom is 0.238 e. The van der Waals surface area contributed by atoms with E-state index in [0.29, 0.717) is 30.3 Å². The topological polar surface area (TPSA) is 79.9 Å². The van der Waals surface area contributed by atoms with Crippen LogP contribution in [-0.4, -0.2) is 50.6 Å². The minimum absolute atomic E-state index is 0.0363. The number of likely N-dealkylation sites (tertiary alicyclic amines) is 1. The average Bonchev–Trinajstić information content (AvgIpc) is 2.84. The largest absolute Gasteiger partial charge is 0.497 e. The van der Waals surface area contributed by atoms with Crippen LogP contribution in [0.25, 0.3) is 0 Å². The second-order valence-corrected chi connectivity index (χ2v) is 8.45. The van der Waals surface area contributed by atoms with E-state index < -0.39 is 0 Å². The summed E-state index contributed by atoms with van der Waals surface area (Å²) in [7, 11) is 3.14. The van der Waals surface area contributed by atoms with Crippen LogP contribution in [0.3, 0.4) is 0 Å². The highest BCUT2D eigenvalue weighted by Gasteiger charge is 2.26. The number of hydrogen-bond acceptors (Lipinski definition) is 5. The van der Waals surface area contributed by atoms with E-state index in [1.165, 1.54) is 18.4 Å². The van der Waals surface area contributed by atoms with Gasteiger partial charge in [0.25, 0.3) is 0 Å². The fourth-order valence-electron chi connectivity index (χ4n) is 4.03. The van der Waals surface area contributed by atoms with Crippen LogP contribution >= 0.6 is 0 Å². The van der Waals surface area contributed by atoms with E-state index >= 15 is 0 Å². The number of unbranched alkanes of at least 4 members (excludes halogenated alkanes) is 1. The van der Waals surface area contributed by atoms with E-state index in [1.54, 1.807) is 32.4 Å². The molecule has 0 saturated carbocycles. The zero-order valence-corrected chi connectivity index (χ0v) is 19.9. The third-order valence-corrected chi connectivity index (χ3v) is 6.05. The van der Waals surface area contributed by atoms with Crippen molar-refractivity contribution >= 4 is 23.2 Å². The van der Waals surface area contributed by atoms with E-state index in [-0.39, 0.29) is 24.3 Å². The Hall–Kier alpha value is -3.06. The van der Waals surface area contributed by atoms with Crippen molar-refractivity contribution in [3.05, 3.63) is 48.0 Å². The SMILES string of the molecule is CCCCc1ccc(NC(=O)C2CCN(CC(=O)Nc3ccc(OC)cc3OC)CC2)cc1. The molecular weight excluding hydrogens is 418 g/mol. The molecule has 0 bridgehead atoms. The van der Waals surface area contributed by atoms with Gasteiger partial charge in [0.1, 0.15) is 11.5 Å². The lowest BCUT2D eigenvalue weighted by molar-refractivity contribution is -0.121. The van der Waals surface area contributed by atoms with Gasteiger partial charge in [0.05, 0.1) is 26.5 Å². The first kappa shape index (κ1) is 24.6. The van der Waals surface area contributed by atoms with Crippen molar-refractivity contribution in [1.82, 2.24) is 4.90 Å². The number of amides is 2. The molecule has 178 valence electrons. The second kappa shape index (κ2) is 12.3. The summed E-state index contributed by atoms with van der Waals surface area (Å²) in [5.74, 6) is 1.13. The molecule has 1 heterocycles. The van der Waals surface area contributed by atoms with Crippen molar-refractivity contribution in [2.45, 2.75) is 39.0 Å². The predicted octanol–water partition coefficient (Wildman–Crippen LogP) is 4.34. The number of nitrogens with zero attached hydrogens (tertiary/aromatic N) is 1. The number of ether oxygens (including phenoxy) is 2. The van der Waals surface area contributed by atoms with Crippen molar-refractivity contribution < 1.29 is 19.1 Å². The number of hydrogen-bond donors (Lipinski definition) is 2. The average molecular weight is 454 g/mol. The number of carbonyl (C=O) groups excluding carboxylic acids is 2. The molecule has 0 unspecified atom stereocenters. The summed E-state index contributed by atoms with van der Waals surface area (Å²) in [4.78, 5) is 27.3. The quantitative estimate of drug-likeness (QED) is 0.560. The van der Waals surface area contributed by atoms with Crippen molar-refractivity contribution in [2.24, 2.45) is 5.92 Å². The number of anilines is 2. The summed E-state index contributed by atoms with van der Waals surface area (Å²) in [6.45, 7) is 3.88.